The Kier molecular flexibility index (Phi) is 3.35. The van der Waals surface area contributed by atoms with E-state index < -0.39 is 17.5 Å². The fourth-order valence-electron chi connectivity index (χ4n) is 1.80. The van der Waals surface area contributed by atoms with Crippen molar-refractivity contribution in [3.63, 3.8) is 0 Å². The number of hydrogen-bond donors (Lipinski definition) is 3. The molecular formula is C13H15N3O4. The van der Waals surface area contributed by atoms with Crippen LogP contribution < -0.4 is 15.5 Å². The monoisotopic (exact) mass is 277 g/mol. The van der Waals surface area contributed by atoms with Crippen molar-refractivity contribution in [2.45, 2.75) is 19.4 Å². The molecule has 1 heterocycles. The number of carboxylic acids is 1. The molecule has 1 aliphatic rings. The topological polar surface area (TPSA) is 98.7 Å². The van der Waals surface area contributed by atoms with Crippen LogP contribution in [0.4, 0.5) is 16.2 Å². The zero-order valence-corrected chi connectivity index (χ0v) is 11.1. The van der Waals surface area contributed by atoms with Gasteiger partial charge in [-0.3, -0.25) is 9.69 Å². The van der Waals surface area contributed by atoms with Crippen LogP contribution in [0.25, 0.3) is 0 Å². The molecule has 0 aliphatic carbocycles. The molecule has 0 radical (unpaired) electrons. The molecule has 20 heavy (non-hydrogen) atoms. The van der Waals surface area contributed by atoms with Crippen LogP contribution in [-0.4, -0.2) is 35.1 Å². The fourth-order valence-corrected chi connectivity index (χ4v) is 1.80. The van der Waals surface area contributed by atoms with Gasteiger partial charge in [-0.2, -0.15) is 0 Å². The predicted octanol–water partition coefficient (Wildman–Crippen LogP) is 1.02. The summed E-state index contributed by atoms with van der Waals surface area (Å²) in [5.41, 5.74) is -0.363. The maximum Gasteiger partial charge on any atom is 0.328 e. The van der Waals surface area contributed by atoms with E-state index in [0.29, 0.717) is 11.4 Å². The van der Waals surface area contributed by atoms with E-state index in [-0.39, 0.29) is 12.5 Å². The minimum absolute atomic E-state index is 0.154. The van der Waals surface area contributed by atoms with Gasteiger partial charge in [0, 0.05) is 0 Å². The fraction of sp³-hybridized carbons (Fsp3) is 0.308. The molecule has 106 valence electrons. The summed E-state index contributed by atoms with van der Waals surface area (Å²) in [5, 5.41) is 14.1. The second-order valence-corrected chi connectivity index (χ2v) is 5.01. The van der Waals surface area contributed by atoms with Crippen molar-refractivity contribution in [3.8, 4) is 0 Å². The minimum Gasteiger partial charge on any atom is -0.480 e. The van der Waals surface area contributed by atoms with E-state index in [9.17, 15) is 14.4 Å². The molecule has 3 N–H and O–H groups in total. The smallest absolute Gasteiger partial charge is 0.328 e. The molecule has 3 amide bonds. The first-order chi connectivity index (χ1) is 9.31. The summed E-state index contributed by atoms with van der Waals surface area (Å²) in [4.78, 5) is 36.0. The lowest BCUT2D eigenvalue weighted by atomic mass is 10.1. The summed E-state index contributed by atoms with van der Waals surface area (Å²) in [7, 11) is 0. The molecule has 1 aliphatic heterocycles. The first-order valence-electron chi connectivity index (χ1n) is 6.03. The summed E-state index contributed by atoms with van der Waals surface area (Å²) in [6, 6.07) is 6.21. The van der Waals surface area contributed by atoms with Crippen molar-refractivity contribution < 1.29 is 19.5 Å². The Balaban J connectivity index is 2.27. The van der Waals surface area contributed by atoms with Crippen LogP contribution in [0.5, 0.6) is 0 Å². The molecule has 1 aromatic carbocycles. The normalized spacial score (nSPS) is 14.3. The average Bonchev–Trinajstić information content (AvgIpc) is 2.36. The van der Waals surface area contributed by atoms with Crippen molar-refractivity contribution >= 4 is 29.3 Å². The number of urea groups is 1. The summed E-state index contributed by atoms with van der Waals surface area (Å²) >= 11 is 0. The zero-order valence-electron chi connectivity index (χ0n) is 11.1. The Morgan fingerprint density at radius 1 is 1.35 bits per heavy atom. The number of fused-ring (bicyclic) bond motifs is 1. The Labute approximate surface area is 115 Å². The standard InChI is InChI=1S/C13H15N3O4/c1-13(2,11(18)19)15-12(20)16-7-10(17)14-8-5-3-4-6-9(8)16/h3-6H,7H2,1-2H3,(H,14,17)(H,15,20)(H,18,19). The van der Waals surface area contributed by atoms with Gasteiger partial charge in [-0.05, 0) is 26.0 Å². The van der Waals surface area contributed by atoms with Crippen molar-refractivity contribution in [2.24, 2.45) is 0 Å². The highest BCUT2D eigenvalue weighted by molar-refractivity contribution is 6.10. The van der Waals surface area contributed by atoms with Crippen LogP contribution in [0.3, 0.4) is 0 Å². The van der Waals surface area contributed by atoms with Gasteiger partial charge in [0.2, 0.25) is 5.91 Å². The quantitative estimate of drug-likeness (QED) is 0.751. The van der Waals surface area contributed by atoms with Crippen LogP contribution in [0.1, 0.15) is 13.8 Å². The molecule has 7 nitrogen and oxygen atoms in total. The molecule has 0 aromatic heterocycles. The highest BCUT2D eigenvalue weighted by atomic mass is 16.4. The van der Waals surface area contributed by atoms with Gasteiger partial charge in [-0.15, -0.1) is 0 Å². The predicted molar refractivity (Wildman–Crippen MR) is 72.7 cm³/mol. The van der Waals surface area contributed by atoms with Crippen LogP contribution in [-0.2, 0) is 9.59 Å². The molecule has 2 rings (SSSR count). The van der Waals surface area contributed by atoms with Crippen LogP contribution in [0.15, 0.2) is 24.3 Å². The van der Waals surface area contributed by atoms with Gasteiger partial charge in [0.25, 0.3) is 0 Å². The van der Waals surface area contributed by atoms with E-state index in [1.165, 1.54) is 18.7 Å². The maximum absolute atomic E-state index is 12.2. The van der Waals surface area contributed by atoms with Crippen LogP contribution in [0, 0.1) is 0 Å². The van der Waals surface area contributed by atoms with Gasteiger partial charge in [-0.1, -0.05) is 12.1 Å². The van der Waals surface area contributed by atoms with Crippen molar-refractivity contribution in [2.75, 3.05) is 16.8 Å². The number of amides is 3. The van der Waals surface area contributed by atoms with E-state index in [0.717, 1.165) is 0 Å². The lowest BCUT2D eigenvalue weighted by Crippen LogP contribution is -2.56. The van der Waals surface area contributed by atoms with E-state index >= 15 is 0 Å². The SMILES string of the molecule is CC(C)(NC(=O)N1CC(=O)Nc2ccccc21)C(=O)O. The molecule has 0 saturated carbocycles. The van der Waals surface area contributed by atoms with Gasteiger partial charge >= 0.3 is 12.0 Å². The molecule has 0 saturated heterocycles. The summed E-state index contributed by atoms with van der Waals surface area (Å²) in [6.45, 7) is 2.60. The van der Waals surface area contributed by atoms with E-state index in [1.807, 2.05) is 0 Å². The number of carbonyl (C=O) groups is 3. The Morgan fingerprint density at radius 2 is 2.00 bits per heavy atom. The Morgan fingerprint density at radius 3 is 2.65 bits per heavy atom. The first-order valence-corrected chi connectivity index (χ1v) is 6.03. The molecular weight excluding hydrogens is 262 g/mol. The van der Waals surface area contributed by atoms with Crippen LogP contribution in [0.2, 0.25) is 0 Å². The average molecular weight is 277 g/mol. The number of anilines is 2. The van der Waals surface area contributed by atoms with E-state index in [1.54, 1.807) is 24.3 Å². The second-order valence-electron chi connectivity index (χ2n) is 5.01. The number of para-hydroxylation sites is 2. The minimum atomic E-state index is -1.42. The molecule has 0 bridgehead atoms. The molecule has 0 spiro atoms. The number of rotatable bonds is 2. The number of aliphatic carboxylic acids is 1. The molecule has 0 unspecified atom stereocenters. The van der Waals surface area contributed by atoms with Gasteiger partial charge in [0.05, 0.1) is 11.4 Å². The van der Waals surface area contributed by atoms with Gasteiger partial charge in [0.1, 0.15) is 12.1 Å². The second kappa shape index (κ2) is 4.84. The number of carboxylic acid groups (broad SMARTS) is 1. The van der Waals surface area contributed by atoms with Crippen molar-refractivity contribution in [1.82, 2.24) is 5.32 Å². The van der Waals surface area contributed by atoms with Gasteiger partial charge < -0.3 is 15.7 Å². The Hall–Kier alpha value is -2.57. The zero-order chi connectivity index (χ0) is 14.9. The molecule has 1 aromatic rings. The number of carbonyl (C=O) groups excluding carboxylic acids is 2. The molecule has 7 heteroatoms. The summed E-state index contributed by atoms with van der Waals surface area (Å²) < 4.78 is 0. The maximum atomic E-state index is 12.2. The number of hydrogen-bond acceptors (Lipinski definition) is 3. The third-order valence-electron chi connectivity index (χ3n) is 2.97. The number of nitrogens with zero attached hydrogens (tertiary/aromatic N) is 1. The van der Waals surface area contributed by atoms with Gasteiger partial charge in [0.15, 0.2) is 0 Å². The number of benzene rings is 1. The van der Waals surface area contributed by atoms with Crippen LogP contribution >= 0.6 is 0 Å². The van der Waals surface area contributed by atoms with E-state index in [4.69, 9.17) is 5.11 Å². The van der Waals surface area contributed by atoms with Crippen molar-refractivity contribution in [3.05, 3.63) is 24.3 Å². The summed E-state index contributed by atoms with van der Waals surface area (Å²) in [5.74, 6) is -1.48. The van der Waals surface area contributed by atoms with Gasteiger partial charge in [-0.25, -0.2) is 9.59 Å². The third kappa shape index (κ3) is 2.56. The lowest BCUT2D eigenvalue weighted by molar-refractivity contribution is -0.142. The number of nitrogens with one attached hydrogen (secondary N) is 2. The highest BCUT2D eigenvalue weighted by Gasteiger charge is 2.33. The highest BCUT2D eigenvalue weighted by Crippen LogP contribution is 2.29. The van der Waals surface area contributed by atoms with E-state index in [2.05, 4.69) is 10.6 Å². The van der Waals surface area contributed by atoms with Crippen molar-refractivity contribution in [1.29, 1.82) is 0 Å². The first kappa shape index (κ1) is 13.9. The Bertz CT molecular complexity index is 583. The largest absolute Gasteiger partial charge is 0.480 e. The molecule has 0 atom stereocenters. The third-order valence-corrected chi connectivity index (χ3v) is 2.97. The molecule has 0 fully saturated rings. The summed E-state index contributed by atoms with van der Waals surface area (Å²) in [6.07, 6.45) is 0. The lowest BCUT2D eigenvalue weighted by Gasteiger charge is -2.32.